The Morgan fingerprint density at radius 1 is 1.00 bits per heavy atom. The van der Waals surface area contributed by atoms with Crippen molar-refractivity contribution in [2.24, 2.45) is 5.73 Å². The molecule has 0 spiro atoms. The number of hydrogen-bond donors (Lipinski definition) is 3. The molecule has 9 nitrogen and oxygen atoms in total. The van der Waals surface area contributed by atoms with E-state index in [0.29, 0.717) is 17.7 Å². The summed E-state index contributed by atoms with van der Waals surface area (Å²) >= 11 is 0. The van der Waals surface area contributed by atoms with Crippen LogP contribution in [0.5, 0.6) is 0 Å². The van der Waals surface area contributed by atoms with Gasteiger partial charge in [0.2, 0.25) is 11.8 Å². The predicted octanol–water partition coefficient (Wildman–Crippen LogP) is 5.08. The molecule has 3 atom stereocenters. The summed E-state index contributed by atoms with van der Waals surface area (Å²) in [7, 11) is 0. The lowest BCUT2D eigenvalue weighted by Crippen LogP contribution is -2.55. The molecule has 4 amide bonds. The predicted molar refractivity (Wildman–Crippen MR) is 157 cm³/mol. The number of rotatable bonds is 11. The molecule has 0 aliphatic heterocycles. The van der Waals surface area contributed by atoms with E-state index in [4.69, 9.17) is 10.5 Å². The van der Waals surface area contributed by atoms with E-state index in [1.54, 1.807) is 20.8 Å². The summed E-state index contributed by atoms with van der Waals surface area (Å²) in [6.45, 7) is 14.6. The van der Waals surface area contributed by atoms with Crippen LogP contribution in [0.3, 0.4) is 0 Å². The van der Waals surface area contributed by atoms with E-state index in [1.807, 2.05) is 77.1 Å². The van der Waals surface area contributed by atoms with Crippen molar-refractivity contribution in [2.45, 2.75) is 98.4 Å². The van der Waals surface area contributed by atoms with E-state index in [0.717, 1.165) is 16.7 Å². The second kappa shape index (κ2) is 14.0. The lowest BCUT2D eigenvalue weighted by atomic mass is 9.94. The first-order chi connectivity index (χ1) is 18.6. The Labute approximate surface area is 237 Å². The van der Waals surface area contributed by atoms with Crippen molar-refractivity contribution in [1.29, 1.82) is 0 Å². The van der Waals surface area contributed by atoms with Crippen LogP contribution in [0.4, 0.5) is 10.5 Å². The van der Waals surface area contributed by atoms with Gasteiger partial charge >= 0.3 is 6.09 Å². The molecule has 9 heteroatoms. The topological polar surface area (TPSA) is 131 Å². The van der Waals surface area contributed by atoms with Gasteiger partial charge < -0.3 is 26.0 Å². The summed E-state index contributed by atoms with van der Waals surface area (Å²) in [6.07, 6.45) is -0.435. The number of alkyl carbamates (subject to hydrolysis) is 1. The number of anilines is 1. The normalized spacial score (nSPS) is 13.5. The summed E-state index contributed by atoms with van der Waals surface area (Å²) in [6, 6.07) is 10.6. The van der Waals surface area contributed by atoms with E-state index in [2.05, 4.69) is 10.6 Å². The maximum Gasteiger partial charge on any atom is 0.408 e. The van der Waals surface area contributed by atoms with Crippen LogP contribution < -0.4 is 16.4 Å². The van der Waals surface area contributed by atoms with Gasteiger partial charge in [0.1, 0.15) is 17.7 Å². The minimum atomic E-state index is -1.14. The number of amides is 4. The number of nitrogens with two attached hydrogens (primary N) is 1. The van der Waals surface area contributed by atoms with Crippen LogP contribution in [-0.2, 0) is 19.1 Å². The smallest absolute Gasteiger partial charge is 0.408 e. The Kier molecular flexibility index (Phi) is 11.3. The third-order valence-electron chi connectivity index (χ3n) is 6.65. The second-order valence-corrected chi connectivity index (χ2v) is 11.3. The van der Waals surface area contributed by atoms with Crippen LogP contribution >= 0.6 is 0 Å². The van der Waals surface area contributed by atoms with Crippen molar-refractivity contribution in [3.05, 3.63) is 64.7 Å². The molecule has 218 valence electrons. The van der Waals surface area contributed by atoms with Gasteiger partial charge in [-0.05, 0) is 84.1 Å². The molecule has 0 aliphatic rings. The molecule has 2 aromatic rings. The monoisotopic (exact) mass is 552 g/mol. The molecule has 4 N–H and O–H groups in total. The molecule has 0 saturated carbocycles. The number of primary amides is 1. The SMILES string of the molecule is CCC(C)N(C(=O)C(CCC(N)=O)NC(=O)OC(C)(C)C)C(C(=O)Nc1ccccc1C)c1cc(C)ccc1C. The second-order valence-electron chi connectivity index (χ2n) is 11.3. The van der Waals surface area contributed by atoms with Gasteiger partial charge in [0.25, 0.3) is 5.91 Å². The van der Waals surface area contributed by atoms with E-state index < -0.39 is 41.6 Å². The lowest BCUT2D eigenvalue weighted by molar-refractivity contribution is -0.143. The highest BCUT2D eigenvalue weighted by molar-refractivity contribution is 5.99. The molecule has 3 unspecified atom stereocenters. The quantitative estimate of drug-likeness (QED) is 0.358. The molecule has 0 saturated heterocycles. The number of aryl methyl sites for hydroxylation is 3. The third-order valence-corrected chi connectivity index (χ3v) is 6.65. The van der Waals surface area contributed by atoms with Crippen molar-refractivity contribution in [2.75, 3.05) is 5.32 Å². The number of para-hydroxylation sites is 1. The van der Waals surface area contributed by atoms with E-state index >= 15 is 0 Å². The van der Waals surface area contributed by atoms with Gasteiger partial charge in [-0.15, -0.1) is 0 Å². The molecule has 0 bridgehead atoms. The molecular formula is C31H44N4O5. The Bertz CT molecular complexity index is 1220. The lowest BCUT2D eigenvalue weighted by Gasteiger charge is -2.39. The van der Waals surface area contributed by atoms with Crippen LogP contribution in [0.2, 0.25) is 0 Å². The molecule has 2 rings (SSSR count). The van der Waals surface area contributed by atoms with Crippen molar-refractivity contribution >= 4 is 29.5 Å². The van der Waals surface area contributed by atoms with E-state index in [-0.39, 0.29) is 18.7 Å². The first-order valence-corrected chi connectivity index (χ1v) is 13.7. The van der Waals surface area contributed by atoms with Crippen LogP contribution in [0.25, 0.3) is 0 Å². The fourth-order valence-electron chi connectivity index (χ4n) is 4.36. The molecule has 0 aromatic heterocycles. The zero-order valence-corrected chi connectivity index (χ0v) is 25.0. The summed E-state index contributed by atoms with van der Waals surface area (Å²) < 4.78 is 5.40. The molecule has 0 aliphatic carbocycles. The first kappa shape index (κ1) is 32.3. The molecule has 0 heterocycles. The molecule has 2 aromatic carbocycles. The van der Waals surface area contributed by atoms with Crippen LogP contribution in [0.1, 0.15) is 82.2 Å². The first-order valence-electron chi connectivity index (χ1n) is 13.7. The van der Waals surface area contributed by atoms with Gasteiger partial charge in [0.05, 0.1) is 0 Å². The molecule has 0 fully saturated rings. The number of nitrogens with one attached hydrogen (secondary N) is 2. The maximum atomic E-state index is 14.3. The Morgan fingerprint density at radius 2 is 1.65 bits per heavy atom. The summed E-state index contributed by atoms with van der Waals surface area (Å²) in [5.41, 5.74) is 8.56. The Balaban J connectivity index is 2.64. The van der Waals surface area contributed by atoms with Gasteiger partial charge in [0, 0.05) is 18.2 Å². The van der Waals surface area contributed by atoms with Gasteiger partial charge in [-0.25, -0.2) is 4.79 Å². The fourth-order valence-corrected chi connectivity index (χ4v) is 4.36. The number of carbonyl (C=O) groups is 4. The zero-order valence-electron chi connectivity index (χ0n) is 25.0. The van der Waals surface area contributed by atoms with Gasteiger partial charge in [-0.3, -0.25) is 14.4 Å². The standard InChI is InChI=1S/C31H44N4O5/c1-9-22(5)35(29(38)25(16-17-26(32)36)34-30(39)40-31(6,7)8)27(23-18-19(2)14-15-20(23)3)28(37)33-24-13-11-10-12-21(24)4/h10-15,18,22,25,27H,9,16-17H2,1-8H3,(H2,32,36)(H,33,37)(H,34,39). The van der Waals surface area contributed by atoms with Crippen LogP contribution in [0.15, 0.2) is 42.5 Å². The van der Waals surface area contributed by atoms with Gasteiger partial charge in [-0.1, -0.05) is 48.9 Å². The Hall–Kier alpha value is -3.88. The molecule has 40 heavy (non-hydrogen) atoms. The van der Waals surface area contributed by atoms with E-state index in [9.17, 15) is 19.2 Å². The van der Waals surface area contributed by atoms with Crippen molar-refractivity contribution < 1.29 is 23.9 Å². The minimum absolute atomic E-state index is 0.0424. The Morgan fingerprint density at radius 3 is 2.23 bits per heavy atom. The highest BCUT2D eigenvalue weighted by Gasteiger charge is 2.39. The maximum absolute atomic E-state index is 14.3. The molecular weight excluding hydrogens is 508 g/mol. The van der Waals surface area contributed by atoms with Crippen LogP contribution in [-0.4, -0.2) is 46.4 Å². The average molecular weight is 553 g/mol. The third kappa shape index (κ3) is 9.10. The summed E-state index contributed by atoms with van der Waals surface area (Å²) in [5.74, 6) is -1.50. The highest BCUT2D eigenvalue weighted by atomic mass is 16.6. The molecule has 0 radical (unpaired) electrons. The average Bonchev–Trinajstić information content (AvgIpc) is 2.86. The number of benzene rings is 2. The summed E-state index contributed by atoms with van der Waals surface area (Å²) in [4.78, 5) is 54.3. The van der Waals surface area contributed by atoms with Gasteiger partial charge in [-0.2, -0.15) is 0 Å². The summed E-state index contributed by atoms with van der Waals surface area (Å²) in [5, 5.41) is 5.64. The number of ether oxygens (including phenoxy) is 1. The van der Waals surface area contributed by atoms with E-state index in [1.165, 1.54) is 4.90 Å². The van der Waals surface area contributed by atoms with Crippen molar-refractivity contribution in [1.82, 2.24) is 10.2 Å². The van der Waals surface area contributed by atoms with Gasteiger partial charge in [0.15, 0.2) is 0 Å². The van der Waals surface area contributed by atoms with Crippen molar-refractivity contribution in [3.63, 3.8) is 0 Å². The highest BCUT2D eigenvalue weighted by Crippen LogP contribution is 2.31. The fraction of sp³-hybridized carbons (Fsp3) is 0.484. The minimum Gasteiger partial charge on any atom is -0.444 e. The van der Waals surface area contributed by atoms with Crippen LogP contribution in [0, 0.1) is 20.8 Å². The number of carbonyl (C=O) groups excluding carboxylic acids is 4. The zero-order chi connectivity index (χ0) is 30.2. The number of nitrogens with zero attached hydrogens (tertiary/aromatic N) is 1. The van der Waals surface area contributed by atoms with Crippen molar-refractivity contribution in [3.8, 4) is 0 Å². The largest absolute Gasteiger partial charge is 0.444 e. The number of hydrogen-bond acceptors (Lipinski definition) is 5.